The third-order valence-electron chi connectivity index (χ3n) is 4.84. The van der Waals surface area contributed by atoms with Crippen LogP contribution in [-0.4, -0.2) is 22.4 Å². The number of benzene rings is 2. The van der Waals surface area contributed by atoms with Crippen molar-refractivity contribution in [3.8, 4) is 5.69 Å². The number of hydrogen-bond donors (Lipinski definition) is 1. The van der Waals surface area contributed by atoms with Gasteiger partial charge in [0.05, 0.1) is 5.69 Å². The highest BCUT2D eigenvalue weighted by atomic mass is 16.2. The zero-order valence-corrected chi connectivity index (χ0v) is 16.0. The van der Waals surface area contributed by atoms with Crippen LogP contribution in [-0.2, 0) is 9.59 Å². The Morgan fingerprint density at radius 3 is 2.31 bits per heavy atom. The normalized spacial score (nSPS) is 15.7. The predicted octanol–water partition coefficient (Wildman–Crippen LogP) is 3.76. The Morgan fingerprint density at radius 2 is 1.59 bits per heavy atom. The summed E-state index contributed by atoms with van der Waals surface area (Å²) in [6.07, 6.45) is 3.36. The summed E-state index contributed by atoms with van der Waals surface area (Å²) in [7, 11) is 0. The maximum atomic E-state index is 13.1. The number of barbiturate groups is 1. The molecule has 4 rings (SSSR count). The number of carbonyl (C=O) groups excluding carboxylic acids is 3. The maximum Gasteiger partial charge on any atom is 0.335 e. The molecule has 0 unspecified atom stereocenters. The molecule has 6 nitrogen and oxygen atoms in total. The highest BCUT2D eigenvalue weighted by Crippen LogP contribution is 2.25. The van der Waals surface area contributed by atoms with Gasteiger partial charge in [0.25, 0.3) is 11.8 Å². The third-order valence-corrected chi connectivity index (χ3v) is 4.84. The Bertz CT molecular complexity index is 1160. The largest absolute Gasteiger partial charge is 0.335 e. The number of rotatable bonds is 3. The molecule has 4 amide bonds. The molecule has 0 spiro atoms. The molecule has 1 saturated heterocycles. The van der Waals surface area contributed by atoms with E-state index in [1.54, 1.807) is 25.1 Å². The van der Waals surface area contributed by atoms with Crippen molar-refractivity contribution in [1.29, 1.82) is 0 Å². The summed E-state index contributed by atoms with van der Waals surface area (Å²) in [5.41, 5.74) is 3.80. The molecule has 0 saturated carbocycles. The van der Waals surface area contributed by atoms with Gasteiger partial charge in [0.1, 0.15) is 5.57 Å². The van der Waals surface area contributed by atoms with Crippen LogP contribution in [0, 0.1) is 13.8 Å². The standard InChI is InChI=1S/C23H19N3O3/c1-15-9-11-17(12-10-15)25-13-5-7-18(25)14-19-21(27)24-23(29)26(22(19)28)20-8-4-3-6-16(20)2/h3-14H,1-2H3,(H,24,27,29). The first-order valence-electron chi connectivity index (χ1n) is 9.17. The molecule has 1 fully saturated rings. The number of amides is 4. The fraction of sp³-hybridized carbons (Fsp3) is 0.0870. The van der Waals surface area contributed by atoms with Crippen LogP contribution < -0.4 is 10.2 Å². The van der Waals surface area contributed by atoms with E-state index in [1.807, 2.05) is 60.2 Å². The van der Waals surface area contributed by atoms with Gasteiger partial charge in [0.15, 0.2) is 0 Å². The van der Waals surface area contributed by atoms with E-state index in [1.165, 1.54) is 6.08 Å². The van der Waals surface area contributed by atoms with E-state index in [4.69, 9.17) is 0 Å². The zero-order chi connectivity index (χ0) is 20.5. The molecule has 1 aliphatic heterocycles. The first kappa shape index (κ1) is 18.4. The molecule has 0 aliphatic carbocycles. The number of urea groups is 1. The van der Waals surface area contributed by atoms with Crippen LogP contribution in [0.25, 0.3) is 11.8 Å². The van der Waals surface area contributed by atoms with Gasteiger partial charge in [-0.25, -0.2) is 9.69 Å². The van der Waals surface area contributed by atoms with Crippen molar-refractivity contribution in [3.05, 3.63) is 89.3 Å². The van der Waals surface area contributed by atoms with E-state index in [0.29, 0.717) is 11.4 Å². The minimum atomic E-state index is -0.750. The summed E-state index contributed by atoms with van der Waals surface area (Å²) in [4.78, 5) is 38.9. The molecule has 2 aromatic carbocycles. The molecule has 1 N–H and O–H groups in total. The quantitative estimate of drug-likeness (QED) is 0.551. The van der Waals surface area contributed by atoms with Crippen LogP contribution in [0.4, 0.5) is 10.5 Å². The predicted molar refractivity (Wildman–Crippen MR) is 111 cm³/mol. The fourth-order valence-electron chi connectivity index (χ4n) is 3.29. The zero-order valence-electron chi connectivity index (χ0n) is 16.0. The minimum absolute atomic E-state index is 0.0973. The van der Waals surface area contributed by atoms with Crippen molar-refractivity contribution in [2.24, 2.45) is 0 Å². The second-order valence-corrected chi connectivity index (χ2v) is 6.88. The lowest BCUT2D eigenvalue weighted by Gasteiger charge is -2.27. The van der Waals surface area contributed by atoms with E-state index in [9.17, 15) is 14.4 Å². The van der Waals surface area contributed by atoms with E-state index in [2.05, 4.69) is 5.32 Å². The van der Waals surface area contributed by atoms with Crippen molar-refractivity contribution < 1.29 is 14.4 Å². The SMILES string of the molecule is Cc1ccc(-n2cccc2C=C2C(=O)NC(=O)N(c3ccccc3C)C2=O)cc1. The van der Waals surface area contributed by atoms with Crippen molar-refractivity contribution in [2.75, 3.05) is 4.90 Å². The van der Waals surface area contributed by atoms with Crippen LogP contribution in [0.15, 0.2) is 72.4 Å². The smallest absolute Gasteiger partial charge is 0.317 e. The van der Waals surface area contributed by atoms with Crippen molar-refractivity contribution in [2.45, 2.75) is 13.8 Å². The molecule has 29 heavy (non-hydrogen) atoms. The van der Waals surface area contributed by atoms with Crippen LogP contribution in [0.5, 0.6) is 0 Å². The van der Waals surface area contributed by atoms with Gasteiger partial charge in [0, 0.05) is 17.6 Å². The molecule has 1 aromatic heterocycles. The van der Waals surface area contributed by atoms with Crippen molar-refractivity contribution in [1.82, 2.24) is 9.88 Å². The van der Waals surface area contributed by atoms with Crippen molar-refractivity contribution in [3.63, 3.8) is 0 Å². The van der Waals surface area contributed by atoms with Gasteiger partial charge in [-0.05, 0) is 55.8 Å². The van der Waals surface area contributed by atoms with Gasteiger partial charge in [-0.15, -0.1) is 0 Å². The van der Waals surface area contributed by atoms with Gasteiger partial charge >= 0.3 is 6.03 Å². The molecule has 0 bridgehead atoms. The van der Waals surface area contributed by atoms with Crippen LogP contribution >= 0.6 is 0 Å². The molecule has 2 heterocycles. The monoisotopic (exact) mass is 385 g/mol. The molecule has 3 aromatic rings. The molecule has 0 radical (unpaired) electrons. The summed E-state index contributed by atoms with van der Waals surface area (Å²) in [5, 5.41) is 2.26. The fourth-order valence-corrected chi connectivity index (χ4v) is 3.29. The number of carbonyl (C=O) groups is 3. The number of aromatic nitrogens is 1. The van der Waals surface area contributed by atoms with E-state index in [-0.39, 0.29) is 5.57 Å². The van der Waals surface area contributed by atoms with E-state index in [0.717, 1.165) is 21.7 Å². The number of hydrogen-bond acceptors (Lipinski definition) is 3. The van der Waals surface area contributed by atoms with E-state index < -0.39 is 17.8 Å². The Hall–Kier alpha value is -3.93. The average Bonchev–Trinajstić information content (AvgIpc) is 3.15. The molecule has 0 atom stereocenters. The van der Waals surface area contributed by atoms with Gasteiger partial charge in [-0.2, -0.15) is 0 Å². The van der Waals surface area contributed by atoms with E-state index >= 15 is 0 Å². The van der Waals surface area contributed by atoms with Crippen LogP contribution in [0.1, 0.15) is 16.8 Å². The summed E-state index contributed by atoms with van der Waals surface area (Å²) in [6, 6.07) is 17.8. The Kier molecular flexibility index (Phi) is 4.60. The van der Waals surface area contributed by atoms with Crippen LogP contribution in [0.2, 0.25) is 0 Å². The summed E-state index contributed by atoms with van der Waals surface area (Å²) in [5.74, 6) is -1.36. The Labute approximate surface area is 168 Å². The highest BCUT2D eigenvalue weighted by Gasteiger charge is 2.37. The Balaban J connectivity index is 1.76. The first-order valence-corrected chi connectivity index (χ1v) is 9.17. The lowest BCUT2D eigenvalue weighted by Crippen LogP contribution is -2.54. The second-order valence-electron chi connectivity index (χ2n) is 6.88. The number of nitrogens with zero attached hydrogens (tertiary/aromatic N) is 2. The third kappa shape index (κ3) is 3.36. The maximum absolute atomic E-state index is 13.1. The minimum Gasteiger partial charge on any atom is -0.317 e. The summed E-state index contributed by atoms with van der Waals surface area (Å²) < 4.78 is 1.88. The number of para-hydroxylation sites is 1. The molecule has 144 valence electrons. The number of aryl methyl sites for hydroxylation is 2. The highest BCUT2D eigenvalue weighted by molar-refractivity contribution is 6.39. The van der Waals surface area contributed by atoms with Gasteiger partial charge in [-0.1, -0.05) is 35.9 Å². The van der Waals surface area contributed by atoms with Gasteiger partial charge in [-0.3, -0.25) is 14.9 Å². The second kappa shape index (κ2) is 7.24. The molecule has 1 aliphatic rings. The van der Waals surface area contributed by atoms with Gasteiger partial charge < -0.3 is 4.57 Å². The van der Waals surface area contributed by atoms with Gasteiger partial charge in [0.2, 0.25) is 0 Å². The Morgan fingerprint density at radius 1 is 0.862 bits per heavy atom. The van der Waals surface area contributed by atoms with Crippen molar-refractivity contribution >= 4 is 29.6 Å². The number of anilines is 1. The molecular formula is C23H19N3O3. The average molecular weight is 385 g/mol. The molecular weight excluding hydrogens is 366 g/mol. The lowest BCUT2D eigenvalue weighted by atomic mass is 10.1. The summed E-state index contributed by atoms with van der Waals surface area (Å²) in [6.45, 7) is 3.81. The lowest BCUT2D eigenvalue weighted by molar-refractivity contribution is -0.122. The first-order chi connectivity index (χ1) is 14.0. The number of imide groups is 2. The summed E-state index contributed by atoms with van der Waals surface area (Å²) >= 11 is 0. The number of nitrogens with one attached hydrogen (secondary N) is 1. The topological polar surface area (TPSA) is 71.4 Å². The molecule has 6 heteroatoms. The van der Waals surface area contributed by atoms with Crippen LogP contribution in [0.3, 0.4) is 0 Å².